The lowest BCUT2D eigenvalue weighted by Crippen LogP contribution is -2.14. The van der Waals surface area contributed by atoms with Crippen molar-refractivity contribution < 1.29 is 4.79 Å². The molecule has 2 rings (SSSR count). The minimum Gasteiger partial charge on any atom is -0.397 e. The van der Waals surface area contributed by atoms with Crippen LogP contribution in [0.25, 0.3) is 0 Å². The maximum absolute atomic E-state index is 12.0. The lowest BCUT2D eigenvalue weighted by atomic mass is 10.1. The molecule has 0 saturated heterocycles. The third kappa shape index (κ3) is 2.51. The van der Waals surface area contributed by atoms with Crippen LogP contribution in [-0.4, -0.2) is 15.5 Å². The maximum Gasteiger partial charge on any atom is 0.269 e. The first-order chi connectivity index (χ1) is 8.49. The molecule has 0 unspecified atom stereocenters. The average Bonchev–Trinajstić information content (AvgIpc) is 2.69. The van der Waals surface area contributed by atoms with Gasteiger partial charge in [-0.05, 0) is 43.1 Å². The first-order valence-corrected chi connectivity index (χ1v) is 6.71. The van der Waals surface area contributed by atoms with E-state index in [1.54, 1.807) is 13.0 Å². The molecule has 0 spiro atoms. The van der Waals surface area contributed by atoms with Gasteiger partial charge >= 0.3 is 0 Å². The molecule has 0 radical (unpaired) electrons. The predicted octanol–water partition coefficient (Wildman–Crippen LogP) is 2.75. The number of hydrogen-bond acceptors (Lipinski definition) is 5. The molecule has 0 saturated carbocycles. The molecule has 94 valence electrons. The van der Waals surface area contributed by atoms with Crippen molar-refractivity contribution in [1.29, 1.82) is 0 Å². The van der Waals surface area contributed by atoms with E-state index in [1.807, 2.05) is 13.0 Å². The monoisotopic (exact) mass is 326 g/mol. The number of nitrogen functional groups attached to an aromatic ring is 1. The van der Waals surface area contributed by atoms with E-state index in [-0.39, 0.29) is 5.91 Å². The second-order valence-electron chi connectivity index (χ2n) is 3.83. The Morgan fingerprint density at radius 1 is 1.44 bits per heavy atom. The summed E-state index contributed by atoms with van der Waals surface area (Å²) in [7, 11) is 0. The van der Waals surface area contributed by atoms with Crippen LogP contribution in [0, 0.1) is 13.8 Å². The van der Waals surface area contributed by atoms with Gasteiger partial charge in [0.25, 0.3) is 5.91 Å². The summed E-state index contributed by atoms with van der Waals surface area (Å²) in [4.78, 5) is 12.5. The molecule has 0 atom stereocenters. The number of amides is 1. The number of nitrogens with zero attached hydrogens (tertiary/aromatic N) is 2. The Bertz CT molecular complexity index is 588. The molecule has 7 heteroatoms. The van der Waals surface area contributed by atoms with E-state index in [1.165, 1.54) is 0 Å². The summed E-state index contributed by atoms with van der Waals surface area (Å²) in [6.07, 6.45) is 0. The zero-order valence-corrected chi connectivity index (χ0v) is 12.2. The fraction of sp³-hybridized carbons (Fsp3) is 0.182. The van der Waals surface area contributed by atoms with E-state index in [2.05, 4.69) is 30.8 Å². The fourth-order valence-electron chi connectivity index (χ4n) is 1.55. The number of carbonyl (C=O) groups is 1. The number of nitrogens with two attached hydrogens (primary N) is 1. The van der Waals surface area contributed by atoms with Gasteiger partial charge < -0.3 is 11.1 Å². The van der Waals surface area contributed by atoms with E-state index >= 15 is 0 Å². The number of aryl methyl sites for hydroxylation is 2. The van der Waals surface area contributed by atoms with Crippen LogP contribution in [-0.2, 0) is 0 Å². The SMILES string of the molecule is Cc1cc(Br)cc(N)c1NC(=O)c1snnc1C. The highest BCUT2D eigenvalue weighted by molar-refractivity contribution is 9.10. The van der Waals surface area contributed by atoms with Crippen LogP contribution in [0.2, 0.25) is 0 Å². The number of benzene rings is 1. The molecular formula is C11H11BrN4OS. The van der Waals surface area contributed by atoms with Crippen molar-refractivity contribution in [2.45, 2.75) is 13.8 Å². The van der Waals surface area contributed by atoms with Crippen molar-refractivity contribution in [3.8, 4) is 0 Å². The van der Waals surface area contributed by atoms with Gasteiger partial charge in [-0.15, -0.1) is 5.10 Å². The molecule has 1 aromatic heterocycles. The fourth-order valence-corrected chi connectivity index (χ4v) is 2.69. The number of halogens is 1. The van der Waals surface area contributed by atoms with Crippen molar-refractivity contribution in [3.05, 3.63) is 32.7 Å². The van der Waals surface area contributed by atoms with E-state index in [9.17, 15) is 4.79 Å². The van der Waals surface area contributed by atoms with E-state index < -0.39 is 0 Å². The standard InChI is InChI=1S/C11H11BrN4OS/c1-5-3-7(12)4-8(13)9(5)14-11(17)10-6(2)15-16-18-10/h3-4H,13H2,1-2H3,(H,14,17). The highest BCUT2D eigenvalue weighted by Gasteiger charge is 2.15. The summed E-state index contributed by atoms with van der Waals surface area (Å²) >= 11 is 4.42. The van der Waals surface area contributed by atoms with Crippen LogP contribution in [0.5, 0.6) is 0 Å². The average molecular weight is 327 g/mol. The highest BCUT2D eigenvalue weighted by atomic mass is 79.9. The minimum atomic E-state index is -0.236. The predicted molar refractivity (Wildman–Crippen MR) is 75.9 cm³/mol. The second-order valence-corrected chi connectivity index (χ2v) is 5.50. The maximum atomic E-state index is 12.0. The first-order valence-electron chi connectivity index (χ1n) is 5.15. The van der Waals surface area contributed by atoms with Gasteiger partial charge in [0.2, 0.25) is 0 Å². The number of aromatic nitrogens is 2. The van der Waals surface area contributed by atoms with Crippen LogP contribution >= 0.6 is 27.5 Å². The Morgan fingerprint density at radius 3 is 2.72 bits per heavy atom. The molecule has 1 heterocycles. The van der Waals surface area contributed by atoms with Gasteiger partial charge in [0.15, 0.2) is 0 Å². The van der Waals surface area contributed by atoms with Crippen LogP contribution in [0.4, 0.5) is 11.4 Å². The number of hydrogen-bond donors (Lipinski definition) is 2. The van der Waals surface area contributed by atoms with Crippen molar-refractivity contribution in [3.63, 3.8) is 0 Å². The number of nitrogens with one attached hydrogen (secondary N) is 1. The zero-order valence-electron chi connectivity index (χ0n) is 9.82. The molecule has 1 aromatic carbocycles. The topological polar surface area (TPSA) is 80.9 Å². The molecule has 0 bridgehead atoms. The Morgan fingerprint density at radius 2 is 2.17 bits per heavy atom. The lowest BCUT2D eigenvalue weighted by molar-refractivity contribution is 0.103. The summed E-state index contributed by atoms with van der Waals surface area (Å²) in [5, 5.41) is 6.60. The minimum absolute atomic E-state index is 0.236. The molecule has 0 aliphatic rings. The summed E-state index contributed by atoms with van der Waals surface area (Å²) < 4.78 is 4.62. The molecule has 18 heavy (non-hydrogen) atoms. The van der Waals surface area contributed by atoms with Gasteiger partial charge in [0.05, 0.1) is 17.1 Å². The quantitative estimate of drug-likeness (QED) is 0.831. The van der Waals surface area contributed by atoms with Gasteiger partial charge in [0.1, 0.15) is 4.88 Å². The van der Waals surface area contributed by atoms with Crippen LogP contribution < -0.4 is 11.1 Å². The Balaban J connectivity index is 2.31. The van der Waals surface area contributed by atoms with E-state index in [0.717, 1.165) is 21.6 Å². The normalized spacial score (nSPS) is 10.4. The molecule has 0 aliphatic heterocycles. The molecule has 0 fully saturated rings. The molecule has 0 aliphatic carbocycles. The second kappa shape index (κ2) is 5.03. The van der Waals surface area contributed by atoms with Crippen LogP contribution in [0.15, 0.2) is 16.6 Å². The Labute approximate surface area is 117 Å². The van der Waals surface area contributed by atoms with Crippen molar-refractivity contribution in [1.82, 2.24) is 9.59 Å². The van der Waals surface area contributed by atoms with E-state index in [0.29, 0.717) is 21.9 Å². The lowest BCUT2D eigenvalue weighted by Gasteiger charge is -2.11. The summed E-state index contributed by atoms with van der Waals surface area (Å²) in [6, 6.07) is 3.64. The highest BCUT2D eigenvalue weighted by Crippen LogP contribution is 2.28. The zero-order chi connectivity index (χ0) is 13.3. The Kier molecular flexibility index (Phi) is 3.63. The summed E-state index contributed by atoms with van der Waals surface area (Å²) in [5.74, 6) is -0.236. The van der Waals surface area contributed by atoms with Crippen LogP contribution in [0.1, 0.15) is 20.9 Å². The van der Waals surface area contributed by atoms with Crippen molar-refractivity contribution in [2.75, 3.05) is 11.1 Å². The van der Waals surface area contributed by atoms with Gasteiger partial charge in [0, 0.05) is 4.47 Å². The summed E-state index contributed by atoms with van der Waals surface area (Å²) in [5.41, 5.74) is 8.54. The molecule has 3 N–H and O–H groups in total. The molecule has 5 nitrogen and oxygen atoms in total. The van der Waals surface area contributed by atoms with Gasteiger partial charge in [-0.2, -0.15) is 0 Å². The molecule has 1 amide bonds. The van der Waals surface area contributed by atoms with E-state index in [4.69, 9.17) is 5.73 Å². The third-order valence-corrected chi connectivity index (χ3v) is 3.71. The first kappa shape index (κ1) is 13.0. The van der Waals surface area contributed by atoms with Gasteiger partial charge in [-0.3, -0.25) is 4.79 Å². The number of rotatable bonds is 2. The molecular weight excluding hydrogens is 316 g/mol. The van der Waals surface area contributed by atoms with Crippen LogP contribution in [0.3, 0.4) is 0 Å². The van der Waals surface area contributed by atoms with Gasteiger partial charge in [-0.1, -0.05) is 20.4 Å². The largest absolute Gasteiger partial charge is 0.397 e. The Hall–Kier alpha value is -1.47. The molecule has 2 aromatic rings. The number of carbonyl (C=O) groups excluding carboxylic acids is 1. The van der Waals surface area contributed by atoms with Crippen molar-refractivity contribution in [2.24, 2.45) is 0 Å². The smallest absolute Gasteiger partial charge is 0.269 e. The summed E-state index contributed by atoms with van der Waals surface area (Å²) in [6.45, 7) is 3.63. The third-order valence-electron chi connectivity index (χ3n) is 2.43. The number of anilines is 2. The van der Waals surface area contributed by atoms with Gasteiger partial charge in [-0.25, -0.2) is 0 Å². The van der Waals surface area contributed by atoms with Crippen molar-refractivity contribution >= 4 is 44.7 Å².